The SMILES string of the molecule is C[N-]C(=O)C1CCCCC1.C[N-]C(=O)C1CCCCC1.[F][Ti][F]. The molecule has 0 heterocycles. The van der Waals surface area contributed by atoms with Gasteiger partial charge in [0.05, 0.1) is 11.8 Å². The molecule has 0 aromatic rings. The molecule has 0 N–H and O–H groups in total. The number of rotatable bonds is 2. The Kier molecular flexibility index (Phi) is 14.7. The predicted molar refractivity (Wildman–Crippen MR) is 83.9 cm³/mol. The van der Waals surface area contributed by atoms with Gasteiger partial charge in [0.25, 0.3) is 0 Å². The topological polar surface area (TPSA) is 62.3 Å². The van der Waals surface area contributed by atoms with Crippen LogP contribution >= 0.6 is 0 Å². The summed E-state index contributed by atoms with van der Waals surface area (Å²) in [6, 6.07) is 0. The molecule has 134 valence electrons. The van der Waals surface area contributed by atoms with Crippen molar-refractivity contribution in [2.75, 3.05) is 14.1 Å². The zero-order valence-electron chi connectivity index (χ0n) is 14.2. The quantitative estimate of drug-likeness (QED) is 0.644. The first-order chi connectivity index (χ1) is 11.1. The van der Waals surface area contributed by atoms with Crippen molar-refractivity contribution in [3.63, 3.8) is 0 Å². The molecule has 0 aromatic carbocycles. The molecule has 2 amide bonds. The molecule has 0 bridgehead atoms. The third-order valence-electron chi connectivity index (χ3n) is 4.35. The van der Waals surface area contributed by atoms with Gasteiger partial charge in [-0.1, -0.05) is 38.5 Å². The standard InChI is InChI=1S/2C8H15NO.2FH.Ti/c2*1-9-8(10)7-5-3-2-4-6-7;;;/h2*7H,2-6H2,1H3,(H,9,10);2*1H;/q;;;;+2/p-4. The summed E-state index contributed by atoms with van der Waals surface area (Å²) in [5.41, 5.74) is 0. The molecule has 2 saturated carbocycles. The van der Waals surface area contributed by atoms with Crippen molar-refractivity contribution in [2.24, 2.45) is 11.8 Å². The minimum absolute atomic E-state index is 0.111. The molecule has 0 atom stereocenters. The summed E-state index contributed by atoms with van der Waals surface area (Å²) in [5, 5.41) is 7.35. The average molecular weight is 366 g/mol. The van der Waals surface area contributed by atoms with Gasteiger partial charge >= 0.3 is 26.4 Å². The molecule has 2 aliphatic rings. The number of carbonyl (C=O) groups is 2. The third kappa shape index (κ3) is 10.8. The van der Waals surface area contributed by atoms with Crippen molar-refractivity contribution < 1.29 is 36.0 Å². The number of hydrogen-bond donors (Lipinski definition) is 0. The van der Waals surface area contributed by atoms with Crippen LogP contribution < -0.4 is 0 Å². The molecular formula is C16H28F2N2O2Ti-2. The van der Waals surface area contributed by atoms with E-state index in [1.165, 1.54) is 38.5 Å². The van der Waals surface area contributed by atoms with Crippen LogP contribution in [0, 0.1) is 11.8 Å². The second-order valence-corrected chi connectivity index (χ2v) is 6.09. The fourth-order valence-electron chi connectivity index (χ4n) is 3.06. The van der Waals surface area contributed by atoms with Gasteiger partial charge in [-0.15, -0.1) is 14.1 Å². The summed E-state index contributed by atoms with van der Waals surface area (Å²) >= 11 is -2.50. The van der Waals surface area contributed by atoms with Gasteiger partial charge in [0.2, 0.25) is 0 Å². The van der Waals surface area contributed by atoms with E-state index in [4.69, 9.17) is 0 Å². The molecule has 0 spiro atoms. The van der Waals surface area contributed by atoms with E-state index < -0.39 is 20.2 Å². The summed E-state index contributed by atoms with van der Waals surface area (Å²) in [4.78, 5) is 22.0. The van der Waals surface area contributed by atoms with Gasteiger partial charge in [0.15, 0.2) is 0 Å². The van der Waals surface area contributed by atoms with E-state index in [1.54, 1.807) is 14.1 Å². The van der Waals surface area contributed by atoms with Crippen LogP contribution in [-0.2, 0) is 29.8 Å². The molecule has 2 aliphatic carbocycles. The van der Waals surface area contributed by atoms with Crippen molar-refractivity contribution in [3.05, 3.63) is 10.6 Å². The Morgan fingerprint density at radius 3 is 1.22 bits per heavy atom. The van der Waals surface area contributed by atoms with Gasteiger partial charge in [-0.2, -0.15) is 0 Å². The Morgan fingerprint density at radius 2 is 1.00 bits per heavy atom. The molecule has 2 fully saturated rings. The summed E-state index contributed by atoms with van der Waals surface area (Å²) in [5.74, 6) is 0.747. The minimum atomic E-state index is -2.50. The molecule has 0 aromatic heterocycles. The zero-order valence-corrected chi connectivity index (χ0v) is 15.8. The number of amides is 2. The van der Waals surface area contributed by atoms with Crippen LogP contribution in [-0.4, -0.2) is 25.9 Å². The Balaban J connectivity index is 0.000000360. The summed E-state index contributed by atoms with van der Waals surface area (Å²) < 4.78 is 19.5. The zero-order chi connectivity index (χ0) is 17.5. The molecule has 0 saturated heterocycles. The van der Waals surface area contributed by atoms with E-state index in [0.717, 1.165) is 25.7 Å². The van der Waals surface area contributed by atoms with Crippen LogP contribution in [0.1, 0.15) is 64.2 Å². The predicted octanol–water partition coefficient (Wildman–Crippen LogP) is 5.03. The third-order valence-corrected chi connectivity index (χ3v) is 4.35. The van der Waals surface area contributed by atoms with Crippen LogP contribution in [0.3, 0.4) is 0 Å². The maximum atomic E-state index is 11.0. The van der Waals surface area contributed by atoms with Crippen molar-refractivity contribution in [2.45, 2.75) is 64.2 Å². The van der Waals surface area contributed by atoms with Crippen molar-refractivity contribution in [1.82, 2.24) is 0 Å². The van der Waals surface area contributed by atoms with Crippen molar-refractivity contribution in [3.8, 4) is 0 Å². The summed E-state index contributed by atoms with van der Waals surface area (Å²) in [7, 11) is 3.19. The van der Waals surface area contributed by atoms with Gasteiger partial charge in [0.1, 0.15) is 0 Å². The van der Waals surface area contributed by atoms with Crippen LogP contribution in [0.5, 0.6) is 0 Å². The van der Waals surface area contributed by atoms with E-state index in [0.29, 0.717) is 0 Å². The molecule has 0 radical (unpaired) electrons. The van der Waals surface area contributed by atoms with Crippen LogP contribution in [0.15, 0.2) is 0 Å². The summed E-state index contributed by atoms with van der Waals surface area (Å²) in [6.07, 6.45) is 11.7. The molecule has 23 heavy (non-hydrogen) atoms. The van der Waals surface area contributed by atoms with E-state index in [9.17, 15) is 15.8 Å². The van der Waals surface area contributed by atoms with Gasteiger partial charge in [-0.25, -0.2) is 0 Å². The second-order valence-electron chi connectivity index (χ2n) is 5.86. The van der Waals surface area contributed by atoms with E-state index in [2.05, 4.69) is 10.6 Å². The molecule has 0 unspecified atom stereocenters. The average Bonchev–Trinajstić information content (AvgIpc) is 2.63. The molecule has 2 rings (SSSR count). The number of nitrogens with zero attached hydrogens (tertiary/aromatic N) is 2. The second kappa shape index (κ2) is 15.1. The van der Waals surface area contributed by atoms with E-state index >= 15 is 0 Å². The Hall–Kier alpha value is -0.486. The van der Waals surface area contributed by atoms with Gasteiger partial charge in [-0.3, -0.25) is 0 Å². The van der Waals surface area contributed by atoms with Crippen LogP contribution in [0.2, 0.25) is 0 Å². The Morgan fingerprint density at radius 1 is 0.739 bits per heavy atom. The molecule has 7 heteroatoms. The number of halogens is 2. The normalized spacial score (nSPS) is 18.4. The number of carbonyl (C=O) groups excluding carboxylic acids is 2. The first-order valence-corrected chi connectivity index (χ1v) is 9.52. The van der Waals surface area contributed by atoms with Gasteiger partial charge in [-0.05, 0) is 25.7 Å². The van der Waals surface area contributed by atoms with Crippen molar-refractivity contribution >= 4 is 11.8 Å². The fraction of sp³-hybridized carbons (Fsp3) is 0.875. The van der Waals surface area contributed by atoms with E-state index in [1.807, 2.05) is 0 Å². The summed E-state index contributed by atoms with van der Waals surface area (Å²) in [6.45, 7) is 0. The van der Waals surface area contributed by atoms with Crippen LogP contribution in [0.25, 0.3) is 10.6 Å². The van der Waals surface area contributed by atoms with Crippen LogP contribution in [0.4, 0.5) is 6.18 Å². The fourth-order valence-corrected chi connectivity index (χ4v) is 3.06. The monoisotopic (exact) mass is 366 g/mol. The van der Waals surface area contributed by atoms with Crippen molar-refractivity contribution in [1.29, 1.82) is 0 Å². The van der Waals surface area contributed by atoms with Gasteiger partial charge < -0.3 is 20.2 Å². The Bertz CT molecular complexity index is 291. The molecular weight excluding hydrogens is 338 g/mol. The maximum absolute atomic E-state index is 11.0. The molecule has 0 aliphatic heterocycles. The first kappa shape index (κ1) is 22.5. The first-order valence-electron chi connectivity index (χ1n) is 8.34. The molecule has 4 nitrogen and oxygen atoms in total. The Labute approximate surface area is 148 Å². The number of hydrogen-bond acceptors (Lipinski definition) is 2. The van der Waals surface area contributed by atoms with Gasteiger partial charge in [0, 0.05) is 11.8 Å². The van der Waals surface area contributed by atoms with E-state index in [-0.39, 0.29) is 23.7 Å².